The largest absolute Gasteiger partial charge is 0.378 e. The summed E-state index contributed by atoms with van der Waals surface area (Å²) in [4.78, 5) is 14.7. The van der Waals surface area contributed by atoms with Crippen molar-refractivity contribution in [3.63, 3.8) is 0 Å². The Morgan fingerprint density at radius 3 is 2.87 bits per heavy atom. The molecule has 1 N–H and O–H groups in total. The molecule has 6 heteroatoms. The van der Waals surface area contributed by atoms with Crippen LogP contribution in [0.25, 0.3) is 0 Å². The Kier molecular flexibility index (Phi) is 7.53. The molecule has 0 aliphatic carbocycles. The Morgan fingerprint density at radius 2 is 2.17 bits per heavy atom. The molecule has 1 saturated heterocycles. The Bertz CT molecular complexity index is 521. The quantitative estimate of drug-likeness (QED) is 0.749. The monoisotopic (exact) mass is 356 g/mol. The third-order valence-electron chi connectivity index (χ3n) is 3.80. The maximum atomic E-state index is 12.4. The van der Waals surface area contributed by atoms with Crippen LogP contribution in [0.4, 0.5) is 11.4 Å². The summed E-state index contributed by atoms with van der Waals surface area (Å²) in [5.41, 5.74) is 1.80. The lowest BCUT2D eigenvalue weighted by atomic mass is 10.2. The van der Waals surface area contributed by atoms with Gasteiger partial charge in [0.05, 0.1) is 29.8 Å². The fourth-order valence-corrected chi connectivity index (χ4v) is 3.59. The Morgan fingerprint density at radius 1 is 1.43 bits per heavy atom. The molecule has 1 aliphatic rings. The van der Waals surface area contributed by atoms with Crippen LogP contribution in [0.1, 0.15) is 26.7 Å². The molecule has 1 unspecified atom stereocenters. The van der Waals surface area contributed by atoms with Crippen molar-refractivity contribution < 1.29 is 9.53 Å². The summed E-state index contributed by atoms with van der Waals surface area (Å²) < 4.78 is 5.40. The van der Waals surface area contributed by atoms with Crippen molar-refractivity contribution in [3.8, 4) is 0 Å². The topological polar surface area (TPSA) is 41.6 Å². The van der Waals surface area contributed by atoms with E-state index in [2.05, 4.69) is 17.1 Å². The van der Waals surface area contributed by atoms with Crippen LogP contribution in [0.15, 0.2) is 18.2 Å². The van der Waals surface area contributed by atoms with E-state index in [0.717, 1.165) is 43.1 Å². The first-order valence-corrected chi connectivity index (χ1v) is 9.59. The predicted molar refractivity (Wildman–Crippen MR) is 99.9 cm³/mol. The minimum Gasteiger partial charge on any atom is -0.378 e. The van der Waals surface area contributed by atoms with Gasteiger partial charge in [-0.15, -0.1) is 11.8 Å². The number of morpholine rings is 1. The van der Waals surface area contributed by atoms with Gasteiger partial charge in [-0.2, -0.15) is 0 Å². The van der Waals surface area contributed by atoms with Gasteiger partial charge in [-0.25, -0.2) is 0 Å². The van der Waals surface area contributed by atoms with Crippen molar-refractivity contribution >= 4 is 40.6 Å². The van der Waals surface area contributed by atoms with Gasteiger partial charge >= 0.3 is 0 Å². The number of hydrogen-bond donors (Lipinski definition) is 1. The summed E-state index contributed by atoms with van der Waals surface area (Å²) in [6.07, 6.45) is 2.29. The van der Waals surface area contributed by atoms with Crippen molar-refractivity contribution in [1.29, 1.82) is 0 Å². The van der Waals surface area contributed by atoms with Gasteiger partial charge in [-0.05, 0) is 37.3 Å². The molecule has 0 spiro atoms. The maximum absolute atomic E-state index is 12.4. The van der Waals surface area contributed by atoms with Crippen LogP contribution < -0.4 is 10.2 Å². The molecule has 1 atom stereocenters. The summed E-state index contributed by atoms with van der Waals surface area (Å²) in [7, 11) is 0. The molecule has 1 heterocycles. The van der Waals surface area contributed by atoms with Gasteiger partial charge < -0.3 is 15.0 Å². The van der Waals surface area contributed by atoms with Crippen LogP contribution in [0.3, 0.4) is 0 Å². The zero-order chi connectivity index (χ0) is 16.7. The van der Waals surface area contributed by atoms with Crippen LogP contribution in [-0.4, -0.2) is 43.2 Å². The molecule has 0 aromatic heterocycles. The number of benzene rings is 1. The lowest BCUT2D eigenvalue weighted by molar-refractivity contribution is -0.115. The molecule has 0 saturated carbocycles. The van der Waals surface area contributed by atoms with Crippen molar-refractivity contribution in [3.05, 3.63) is 23.2 Å². The number of thioether (sulfide) groups is 1. The summed E-state index contributed by atoms with van der Waals surface area (Å²) in [5, 5.41) is 3.61. The Hall–Kier alpha value is -0.910. The normalized spacial score (nSPS) is 16.2. The number of amides is 1. The molecular formula is C17H25ClN2O2S. The standard InChI is InChI=1S/C17H25ClN2O2S/c1-3-4-11-23-13(2)17(21)19-15-12-14(18)5-6-16(15)20-7-9-22-10-8-20/h5-6,12-13H,3-4,7-11H2,1-2H3,(H,19,21). The number of halogens is 1. The number of carbonyl (C=O) groups excluding carboxylic acids is 1. The number of rotatable bonds is 7. The van der Waals surface area contributed by atoms with Gasteiger partial charge in [0.2, 0.25) is 5.91 Å². The fourth-order valence-electron chi connectivity index (χ4n) is 2.40. The Balaban J connectivity index is 2.05. The highest BCUT2D eigenvalue weighted by molar-refractivity contribution is 8.00. The molecule has 1 amide bonds. The zero-order valence-electron chi connectivity index (χ0n) is 13.8. The molecule has 1 aliphatic heterocycles. The van der Waals surface area contributed by atoms with Crippen molar-refractivity contribution in [1.82, 2.24) is 0 Å². The lowest BCUT2D eigenvalue weighted by Gasteiger charge is -2.30. The lowest BCUT2D eigenvalue weighted by Crippen LogP contribution is -2.37. The number of anilines is 2. The number of ether oxygens (including phenoxy) is 1. The van der Waals surface area contributed by atoms with E-state index in [9.17, 15) is 4.79 Å². The van der Waals surface area contributed by atoms with Crippen LogP contribution in [0.5, 0.6) is 0 Å². The summed E-state index contributed by atoms with van der Waals surface area (Å²) in [5.74, 6) is 1.04. The molecule has 1 aromatic rings. The van der Waals surface area contributed by atoms with Gasteiger partial charge in [0.15, 0.2) is 0 Å². The van der Waals surface area contributed by atoms with E-state index in [1.165, 1.54) is 0 Å². The number of nitrogens with one attached hydrogen (secondary N) is 1. The predicted octanol–water partition coefficient (Wildman–Crippen LogP) is 4.04. The van der Waals surface area contributed by atoms with Gasteiger partial charge in [0, 0.05) is 18.1 Å². The van der Waals surface area contributed by atoms with Gasteiger partial charge in [0.25, 0.3) is 0 Å². The third kappa shape index (κ3) is 5.59. The van der Waals surface area contributed by atoms with E-state index in [-0.39, 0.29) is 11.2 Å². The molecular weight excluding hydrogens is 332 g/mol. The molecule has 23 heavy (non-hydrogen) atoms. The van der Waals surface area contributed by atoms with Crippen LogP contribution >= 0.6 is 23.4 Å². The summed E-state index contributed by atoms with van der Waals surface area (Å²) in [6.45, 7) is 7.18. The third-order valence-corrected chi connectivity index (χ3v) is 5.28. The second-order valence-electron chi connectivity index (χ2n) is 5.62. The van der Waals surface area contributed by atoms with Crippen molar-refractivity contribution in [2.45, 2.75) is 31.9 Å². The SMILES string of the molecule is CCCCSC(C)C(=O)Nc1cc(Cl)ccc1N1CCOCC1. The highest BCUT2D eigenvalue weighted by Gasteiger charge is 2.19. The first-order valence-electron chi connectivity index (χ1n) is 8.16. The number of carbonyl (C=O) groups is 1. The van der Waals surface area contributed by atoms with Crippen molar-refractivity contribution in [2.24, 2.45) is 0 Å². The van der Waals surface area contributed by atoms with Gasteiger partial charge in [-0.1, -0.05) is 24.9 Å². The highest BCUT2D eigenvalue weighted by Crippen LogP contribution is 2.30. The van der Waals surface area contributed by atoms with Gasteiger partial charge in [0.1, 0.15) is 0 Å². The van der Waals surface area contributed by atoms with E-state index < -0.39 is 0 Å². The van der Waals surface area contributed by atoms with E-state index in [1.54, 1.807) is 11.8 Å². The maximum Gasteiger partial charge on any atom is 0.237 e. The fraction of sp³-hybridized carbons (Fsp3) is 0.588. The first kappa shape index (κ1) is 18.4. The molecule has 4 nitrogen and oxygen atoms in total. The smallest absolute Gasteiger partial charge is 0.237 e. The molecule has 0 radical (unpaired) electrons. The van der Waals surface area contributed by atoms with E-state index in [1.807, 2.05) is 25.1 Å². The molecule has 0 bridgehead atoms. The van der Waals surface area contributed by atoms with Gasteiger partial charge in [-0.3, -0.25) is 4.79 Å². The number of unbranched alkanes of at least 4 members (excludes halogenated alkanes) is 1. The minimum absolute atomic E-state index is 0.0304. The van der Waals surface area contributed by atoms with Crippen molar-refractivity contribution in [2.75, 3.05) is 42.3 Å². The van der Waals surface area contributed by atoms with E-state index in [0.29, 0.717) is 18.2 Å². The van der Waals surface area contributed by atoms with Crippen LogP contribution in [-0.2, 0) is 9.53 Å². The number of nitrogens with zero attached hydrogens (tertiary/aromatic N) is 1. The average molecular weight is 357 g/mol. The molecule has 2 rings (SSSR count). The van der Waals surface area contributed by atoms with E-state index >= 15 is 0 Å². The van der Waals surface area contributed by atoms with Crippen LogP contribution in [0.2, 0.25) is 5.02 Å². The molecule has 1 fully saturated rings. The molecule has 128 valence electrons. The second-order valence-corrected chi connectivity index (χ2v) is 7.50. The average Bonchev–Trinajstić information content (AvgIpc) is 2.56. The first-order chi connectivity index (χ1) is 11.1. The Labute approximate surface area is 147 Å². The summed E-state index contributed by atoms with van der Waals surface area (Å²) in [6, 6.07) is 5.66. The van der Waals surface area contributed by atoms with E-state index in [4.69, 9.17) is 16.3 Å². The zero-order valence-corrected chi connectivity index (χ0v) is 15.4. The minimum atomic E-state index is -0.0712. The highest BCUT2D eigenvalue weighted by atomic mass is 35.5. The number of hydrogen-bond acceptors (Lipinski definition) is 4. The second kappa shape index (κ2) is 9.40. The van der Waals surface area contributed by atoms with Crippen LogP contribution in [0, 0.1) is 0 Å². The summed E-state index contributed by atoms with van der Waals surface area (Å²) >= 11 is 7.82. The molecule has 1 aromatic carbocycles.